The number of nitrogens with two attached hydrogens (primary N) is 1. The highest BCUT2D eigenvalue weighted by atomic mass is 15.1. The van der Waals surface area contributed by atoms with E-state index in [0.717, 1.165) is 5.56 Å². The van der Waals surface area contributed by atoms with E-state index in [0.29, 0.717) is 11.4 Å². The SMILES string of the molecule is N#Cc1ccc(C2N=CC(N)=CN2)cn1. The highest BCUT2D eigenvalue weighted by Gasteiger charge is 2.10. The summed E-state index contributed by atoms with van der Waals surface area (Å²) in [6, 6.07) is 5.44. The molecule has 5 nitrogen and oxygen atoms in total. The van der Waals surface area contributed by atoms with Gasteiger partial charge in [0.05, 0.1) is 5.70 Å². The third-order valence-corrected chi connectivity index (χ3v) is 2.00. The summed E-state index contributed by atoms with van der Waals surface area (Å²) in [5.74, 6) is 0. The summed E-state index contributed by atoms with van der Waals surface area (Å²) in [6.45, 7) is 0. The molecular formula is C10H9N5. The van der Waals surface area contributed by atoms with Gasteiger partial charge in [-0.2, -0.15) is 5.26 Å². The molecule has 5 heteroatoms. The van der Waals surface area contributed by atoms with Gasteiger partial charge in [0, 0.05) is 24.2 Å². The zero-order chi connectivity index (χ0) is 10.7. The first-order chi connectivity index (χ1) is 7.29. The number of hydrogen-bond acceptors (Lipinski definition) is 5. The van der Waals surface area contributed by atoms with Crippen molar-refractivity contribution in [2.45, 2.75) is 6.17 Å². The molecule has 0 amide bonds. The molecule has 3 N–H and O–H groups in total. The molecule has 0 saturated heterocycles. The summed E-state index contributed by atoms with van der Waals surface area (Å²) < 4.78 is 0. The molecule has 1 atom stereocenters. The van der Waals surface area contributed by atoms with Crippen molar-refractivity contribution in [3.8, 4) is 6.07 Å². The maximum absolute atomic E-state index is 8.59. The average Bonchev–Trinajstić information content (AvgIpc) is 2.30. The number of aliphatic imine (C=N–C) groups is 1. The first-order valence-electron chi connectivity index (χ1n) is 4.40. The Hall–Kier alpha value is -2.35. The van der Waals surface area contributed by atoms with Gasteiger partial charge in [0.1, 0.15) is 17.9 Å². The number of nitriles is 1. The molecule has 0 fully saturated rings. The predicted octanol–water partition coefficient (Wildman–Crippen LogP) is 0.426. The molecule has 0 radical (unpaired) electrons. The van der Waals surface area contributed by atoms with Crippen LogP contribution in [-0.4, -0.2) is 11.2 Å². The van der Waals surface area contributed by atoms with Crippen molar-refractivity contribution in [1.82, 2.24) is 10.3 Å². The van der Waals surface area contributed by atoms with E-state index in [1.54, 1.807) is 24.7 Å². The van der Waals surface area contributed by atoms with Crippen LogP contribution in [0.4, 0.5) is 0 Å². The minimum atomic E-state index is -0.169. The van der Waals surface area contributed by atoms with E-state index in [9.17, 15) is 0 Å². The Bertz CT molecular complexity index is 452. The van der Waals surface area contributed by atoms with Gasteiger partial charge in [-0.15, -0.1) is 0 Å². The predicted molar refractivity (Wildman–Crippen MR) is 55.6 cm³/mol. The number of aromatic nitrogens is 1. The maximum atomic E-state index is 8.59. The van der Waals surface area contributed by atoms with Crippen LogP contribution in [0, 0.1) is 11.3 Å². The highest BCUT2D eigenvalue weighted by Crippen LogP contribution is 2.15. The van der Waals surface area contributed by atoms with Crippen molar-refractivity contribution in [1.29, 1.82) is 5.26 Å². The fourth-order valence-electron chi connectivity index (χ4n) is 1.23. The van der Waals surface area contributed by atoms with Crippen LogP contribution in [0.1, 0.15) is 17.4 Å². The van der Waals surface area contributed by atoms with Gasteiger partial charge in [0.2, 0.25) is 0 Å². The molecule has 2 rings (SSSR count). The number of rotatable bonds is 1. The fraction of sp³-hybridized carbons (Fsp3) is 0.100. The summed E-state index contributed by atoms with van der Waals surface area (Å²) >= 11 is 0. The Morgan fingerprint density at radius 2 is 2.33 bits per heavy atom. The van der Waals surface area contributed by atoms with E-state index in [1.165, 1.54) is 0 Å². The lowest BCUT2D eigenvalue weighted by Crippen LogP contribution is -2.21. The molecule has 0 bridgehead atoms. The van der Waals surface area contributed by atoms with Crippen molar-refractivity contribution in [3.63, 3.8) is 0 Å². The van der Waals surface area contributed by atoms with Crippen LogP contribution in [0.3, 0.4) is 0 Å². The molecule has 0 spiro atoms. The summed E-state index contributed by atoms with van der Waals surface area (Å²) in [4.78, 5) is 8.15. The standard InChI is InChI=1S/C10H9N5/c11-3-9-2-1-7(4-13-9)10-14-5-8(12)6-15-10/h1-2,4-6,10,14H,12H2. The summed E-state index contributed by atoms with van der Waals surface area (Å²) in [6.07, 6.45) is 4.75. The summed E-state index contributed by atoms with van der Waals surface area (Å²) in [5.41, 5.74) is 7.40. The Morgan fingerprint density at radius 3 is 2.87 bits per heavy atom. The van der Waals surface area contributed by atoms with Crippen LogP contribution in [0.2, 0.25) is 0 Å². The molecule has 1 aliphatic heterocycles. The summed E-state index contributed by atoms with van der Waals surface area (Å²) in [5, 5.41) is 11.6. The average molecular weight is 199 g/mol. The van der Waals surface area contributed by atoms with E-state index in [-0.39, 0.29) is 6.17 Å². The largest absolute Gasteiger partial charge is 0.396 e. The van der Waals surface area contributed by atoms with Gasteiger partial charge in [-0.05, 0) is 6.07 Å². The number of nitrogens with zero attached hydrogens (tertiary/aromatic N) is 3. The molecule has 0 aliphatic carbocycles. The van der Waals surface area contributed by atoms with Gasteiger partial charge in [0.15, 0.2) is 0 Å². The number of allylic oxidation sites excluding steroid dienone is 1. The minimum absolute atomic E-state index is 0.169. The number of nitrogens with one attached hydrogen (secondary N) is 1. The third kappa shape index (κ3) is 1.94. The second-order valence-corrected chi connectivity index (χ2v) is 3.08. The maximum Gasteiger partial charge on any atom is 0.145 e. The quantitative estimate of drug-likeness (QED) is 0.686. The van der Waals surface area contributed by atoms with E-state index in [4.69, 9.17) is 11.0 Å². The van der Waals surface area contributed by atoms with Crippen LogP contribution >= 0.6 is 0 Å². The van der Waals surface area contributed by atoms with Crippen LogP contribution < -0.4 is 11.1 Å². The fourth-order valence-corrected chi connectivity index (χ4v) is 1.23. The zero-order valence-corrected chi connectivity index (χ0v) is 7.88. The lowest BCUT2D eigenvalue weighted by Gasteiger charge is -2.16. The molecule has 15 heavy (non-hydrogen) atoms. The van der Waals surface area contributed by atoms with Crippen molar-refractivity contribution < 1.29 is 0 Å². The molecule has 74 valence electrons. The van der Waals surface area contributed by atoms with Crippen molar-refractivity contribution in [2.75, 3.05) is 0 Å². The second kappa shape index (κ2) is 3.80. The Kier molecular flexibility index (Phi) is 2.33. The van der Waals surface area contributed by atoms with E-state index >= 15 is 0 Å². The van der Waals surface area contributed by atoms with Crippen LogP contribution in [0.25, 0.3) is 0 Å². The van der Waals surface area contributed by atoms with Crippen LogP contribution in [-0.2, 0) is 0 Å². The molecule has 0 aromatic carbocycles. The summed E-state index contributed by atoms with van der Waals surface area (Å²) in [7, 11) is 0. The monoisotopic (exact) mass is 199 g/mol. The first-order valence-corrected chi connectivity index (χ1v) is 4.40. The Labute approximate surface area is 87.0 Å². The number of hydrogen-bond donors (Lipinski definition) is 2. The topological polar surface area (TPSA) is 87.1 Å². The molecule has 1 unspecified atom stereocenters. The van der Waals surface area contributed by atoms with Gasteiger partial charge in [-0.25, -0.2) is 4.98 Å². The lowest BCUT2D eigenvalue weighted by atomic mass is 10.2. The zero-order valence-electron chi connectivity index (χ0n) is 7.88. The van der Waals surface area contributed by atoms with Crippen molar-refractivity contribution in [2.24, 2.45) is 10.7 Å². The van der Waals surface area contributed by atoms with E-state index in [2.05, 4.69) is 15.3 Å². The molecular weight excluding hydrogens is 190 g/mol. The minimum Gasteiger partial charge on any atom is -0.396 e. The van der Waals surface area contributed by atoms with Gasteiger partial charge >= 0.3 is 0 Å². The Morgan fingerprint density at radius 1 is 1.47 bits per heavy atom. The van der Waals surface area contributed by atoms with Gasteiger partial charge in [0.25, 0.3) is 0 Å². The molecule has 2 heterocycles. The molecule has 1 aromatic heterocycles. The van der Waals surface area contributed by atoms with Crippen LogP contribution in [0.15, 0.2) is 35.2 Å². The normalized spacial score (nSPS) is 18.9. The van der Waals surface area contributed by atoms with Crippen LogP contribution in [0.5, 0.6) is 0 Å². The Balaban J connectivity index is 2.18. The molecule has 0 saturated carbocycles. The third-order valence-electron chi connectivity index (χ3n) is 2.00. The van der Waals surface area contributed by atoms with Gasteiger partial charge in [-0.1, -0.05) is 6.07 Å². The smallest absolute Gasteiger partial charge is 0.145 e. The van der Waals surface area contributed by atoms with Crippen molar-refractivity contribution >= 4 is 6.21 Å². The van der Waals surface area contributed by atoms with E-state index < -0.39 is 0 Å². The van der Waals surface area contributed by atoms with Crippen molar-refractivity contribution in [3.05, 3.63) is 41.5 Å². The highest BCUT2D eigenvalue weighted by molar-refractivity contribution is 5.78. The van der Waals surface area contributed by atoms with Gasteiger partial charge in [-0.3, -0.25) is 4.99 Å². The molecule has 1 aliphatic rings. The van der Waals surface area contributed by atoms with E-state index in [1.807, 2.05) is 12.1 Å². The number of pyridine rings is 1. The van der Waals surface area contributed by atoms with Gasteiger partial charge < -0.3 is 11.1 Å². The lowest BCUT2D eigenvalue weighted by molar-refractivity contribution is 0.645. The first kappa shape index (κ1) is 9.21. The molecule has 1 aromatic rings. The second-order valence-electron chi connectivity index (χ2n) is 3.08.